The van der Waals surface area contributed by atoms with Gasteiger partial charge in [-0.1, -0.05) is 24.3 Å². The van der Waals surface area contributed by atoms with Gasteiger partial charge in [-0.25, -0.2) is 4.79 Å². The minimum absolute atomic E-state index is 0.0497. The van der Waals surface area contributed by atoms with Crippen molar-refractivity contribution in [2.45, 2.75) is 25.4 Å². The van der Waals surface area contributed by atoms with Crippen LogP contribution in [0.25, 0.3) is 0 Å². The van der Waals surface area contributed by atoms with E-state index in [0.29, 0.717) is 19.5 Å². The second kappa shape index (κ2) is 7.79. The molecule has 3 amide bonds. The number of amides is 3. The zero-order chi connectivity index (χ0) is 17.6. The van der Waals surface area contributed by atoms with Crippen LogP contribution >= 0.6 is 0 Å². The summed E-state index contributed by atoms with van der Waals surface area (Å²) in [6.07, 6.45) is 3.23. The molecule has 25 heavy (non-hydrogen) atoms. The van der Waals surface area contributed by atoms with Crippen LogP contribution in [0.5, 0.6) is 0 Å². The number of hydrogen-bond acceptors (Lipinski definition) is 3. The molecule has 1 aromatic carbocycles. The van der Waals surface area contributed by atoms with E-state index in [2.05, 4.69) is 10.3 Å². The molecule has 0 bridgehead atoms. The number of urea groups is 1. The molecule has 1 unspecified atom stereocenters. The molecular weight excluding hydrogens is 316 g/mol. The fraction of sp³-hybridized carbons (Fsp3) is 0.316. The SMILES string of the molecule is CN(Cc1ccccn1)C(=O)C1CCCN1C(=O)Nc1ccccc1. The minimum Gasteiger partial charge on any atom is -0.338 e. The molecule has 2 heterocycles. The molecule has 1 N–H and O–H groups in total. The Morgan fingerprint density at radius 3 is 2.68 bits per heavy atom. The highest BCUT2D eigenvalue weighted by Crippen LogP contribution is 2.21. The lowest BCUT2D eigenvalue weighted by atomic mass is 10.2. The van der Waals surface area contributed by atoms with E-state index >= 15 is 0 Å². The number of carbonyl (C=O) groups excluding carboxylic acids is 2. The normalized spacial score (nSPS) is 16.5. The van der Waals surface area contributed by atoms with Crippen LogP contribution in [-0.2, 0) is 11.3 Å². The van der Waals surface area contributed by atoms with Gasteiger partial charge < -0.3 is 15.1 Å². The first kappa shape index (κ1) is 17.0. The van der Waals surface area contributed by atoms with Crippen LogP contribution in [0.3, 0.4) is 0 Å². The van der Waals surface area contributed by atoms with E-state index in [1.54, 1.807) is 23.0 Å². The number of anilines is 1. The Labute approximate surface area is 147 Å². The molecule has 1 atom stereocenters. The third-order valence-electron chi connectivity index (χ3n) is 4.33. The van der Waals surface area contributed by atoms with Gasteiger partial charge in [-0.15, -0.1) is 0 Å². The summed E-state index contributed by atoms with van der Waals surface area (Å²) in [6.45, 7) is 1.02. The van der Waals surface area contributed by atoms with Crippen molar-refractivity contribution >= 4 is 17.6 Å². The summed E-state index contributed by atoms with van der Waals surface area (Å²) in [4.78, 5) is 32.9. The first-order valence-electron chi connectivity index (χ1n) is 8.42. The zero-order valence-electron chi connectivity index (χ0n) is 14.3. The smallest absolute Gasteiger partial charge is 0.322 e. The number of hydrogen-bond donors (Lipinski definition) is 1. The molecule has 0 radical (unpaired) electrons. The van der Waals surface area contributed by atoms with Crippen LogP contribution in [0.4, 0.5) is 10.5 Å². The average molecular weight is 338 g/mol. The maximum absolute atomic E-state index is 12.8. The molecule has 2 aromatic rings. The van der Waals surface area contributed by atoms with Gasteiger partial charge in [0.1, 0.15) is 6.04 Å². The van der Waals surface area contributed by atoms with E-state index in [4.69, 9.17) is 0 Å². The number of carbonyl (C=O) groups is 2. The maximum atomic E-state index is 12.8. The topological polar surface area (TPSA) is 65.5 Å². The predicted molar refractivity (Wildman–Crippen MR) is 95.9 cm³/mol. The van der Waals surface area contributed by atoms with Crippen molar-refractivity contribution in [3.8, 4) is 0 Å². The monoisotopic (exact) mass is 338 g/mol. The van der Waals surface area contributed by atoms with Crippen LogP contribution in [0, 0.1) is 0 Å². The predicted octanol–water partition coefficient (Wildman–Crippen LogP) is 2.74. The number of benzene rings is 1. The number of likely N-dealkylation sites (N-methyl/N-ethyl adjacent to an activating group) is 1. The Balaban J connectivity index is 1.64. The third-order valence-corrected chi connectivity index (χ3v) is 4.33. The minimum atomic E-state index is -0.419. The van der Waals surface area contributed by atoms with E-state index < -0.39 is 6.04 Å². The molecule has 130 valence electrons. The van der Waals surface area contributed by atoms with Crippen molar-refractivity contribution in [2.75, 3.05) is 18.9 Å². The van der Waals surface area contributed by atoms with Gasteiger partial charge in [0.2, 0.25) is 5.91 Å². The van der Waals surface area contributed by atoms with E-state index in [1.165, 1.54) is 0 Å². The van der Waals surface area contributed by atoms with Gasteiger partial charge in [-0.2, -0.15) is 0 Å². The van der Waals surface area contributed by atoms with Crippen LogP contribution in [0.2, 0.25) is 0 Å². The second-order valence-electron chi connectivity index (χ2n) is 6.16. The maximum Gasteiger partial charge on any atom is 0.322 e. The Morgan fingerprint density at radius 2 is 1.96 bits per heavy atom. The van der Waals surface area contributed by atoms with Crippen LogP contribution in [0.1, 0.15) is 18.5 Å². The van der Waals surface area contributed by atoms with Crippen molar-refractivity contribution < 1.29 is 9.59 Å². The van der Waals surface area contributed by atoms with Gasteiger partial charge >= 0.3 is 6.03 Å². The summed E-state index contributed by atoms with van der Waals surface area (Å²) in [7, 11) is 1.75. The third kappa shape index (κ3) is 4.15. The molecule has 0 saturated carbocycles. The Bertz CT molecular complexity index is 721. The molecular formula is C19H22N4O2. The number of aromatic nitrogens is 1. The first-order valence-corrected chi connectivity index (χ1v) is 8.42. The molecule has 3 rings (SSSR count). The standard InChI is InChI=1S/C19H22N4O2/c1-22(14-16-10-5-6-12-20-16)18(24)17-11-7-13-23(17)19(25)21-15-8-3-2-4-9-15/h2-6,8-10,12,17H,7,11,13-14H2,1H3,(H,21,25). The summed E-state index contributed by atoms with van der Waals surface area (Å²) in [6, 6.07) is 14.3. The highest BCUT2D eigenvalue weighted by molar-refractivity contribution is 5.94. The van der Waals surface area contributed by atoms with Crippen molar-refractivity contribution in [3.05, 3.63) is 60.4 Å². The second-order valence-corrected chi connectivity index (χ2v) is 6.16. The quantitative estimate of drug-likeness (QED) is 0.932. The molecule has 6 nitrogen and oxygen atoms in total. The summed E-state index contributed by atoms with van der Waals surface area (Å²) < 4.78 is 0. The van der Waals surface area contributed by atoms with E-state index in [0.717, 1.165) is 17.8 Å². The lowest BCUT2D eigenvalue weighted by molar-refractivity contribution is -0.134. The number of likely N-dealkylation sites (tertiary alicyclic amines) is 1. The zero-order valence-corrected chi connectivity index (χ0v) is 14.3. The van der Waals surface area contributed by atoms with Gasteiger partial charge in [0.15, 0.2) is 0 Å². The fourth-order valence-corrected chi connectivity index (χ4v) is 3.05. The summed E-state index contributed by atoms with van der Waals surface area (Å²) in [5, 5.41) is 2.86. The number of para-hydroxylation sites is 1. The lowest BCUT2D eigenvalue weighted by Crippen LogP contribution is -2.47. The molecule has 6 heteroatoms. The van der Waals surface area contributed by atoms with E-state index in [-0.39, 0.29) is 11.9 Å². The highest BCUT2D eigenvalue weighted by atomic mass is 16.2. The van der Waals surface area contributed by atoms with Gasteiger partial charge in [0.05, 0.1) is 12.2 Å². The van der Waals surface area contributed by atoms with Crippen molar-refractivity contribution in [2.24, 2.45) is 0 Å². The van der Waals surface area contributed by atoms with Crippen LogP contribution < -0.4 is 5.32 Å². The summed E-state index contributed by atoms with van der Waals surface area (Å²) >= 11 is 0. The Morgan fingerprint density at radius 1 is 1.20 bits per heavy atom. The molecule has 1 aliphatic heterocycles. The Hall–Kier alpha value is -2.89. The number of nitrogens with one attached hydrogen (secondary N) is 1. The van der Waals surface area contributed by atoms with E-state index in [1.807, 2.05) is 48.5 Å². The van der Waals surface area contributed by atoms with Crippen LogP contribution in [0.15, 0.2) is 54.7 Å². The van der Waals surface area contributed by atoms with Gasteiger partial charge in [-0.05, 0) is 37.1 Å². The van der Waals surface area contributed by atoms with Gasteiger partial charge in [0.25, 0.3) is 0 Å². The number of nitrogens with zero attached hydrogens (tertiary/aromatic N) is 3. The molecule has 1 saturated heterocycles. The molecule has 1 fully saturated rings. The Kier molecular flexibility index (Phi) is 5.28. The molecule has 1 aliphatic rings. The largest absolute Gasteiger partial charge is 0.338 e. The molecule has 0 spiro atoms. The number of pyridine rings is 1. The highest BCUT2D eigenvalue weighted by Gasteiger charge is 2.35. The molecule has 1 aromatic heterocycles. The van der Waals surface area contributed by atoms with Crippen molar-refractivity contribution in [3.63, 3.8) is 0 Å². The summed E-state index contributed by atoms with van der Waals surface area (Å²) in [5.41, 5.74) is 1.56. The van der Waals surface area contributed by atoms with Crippen LogP contribution in [-0.4, -0.2) is 46.4 Å². The first-order chi connectivity index (χ1) is 12.1. The van der Waals surface area contributed by atoms with Gasteiger partial charge in [0, 0.05) is 25.5 Å². The van der Waals surface area contributed by atoms with Gasteiger partial charge in [-0.3, -0.25) is 9.78 Å². The van der Waals surface area contributed by atoms with E-state index in [9.17, 15) is 9.59 Å². The fourth-order valence-electron chi connectivity index (χ4n) is 3.05. The average Bonchev–Trinajstić information content (AvgIpc) is 3.12. The lowest BCUT2D eigenvalue weighted by Gasteiger charge is -2.28. The van der Waals surface area contributed by atoms with Crippen molar-refractivity contribution in [1.82, 2.24) is 14.8 Å². The summed E-state index contributed by atoms with van der Waals surface area (Å²) in [5.74, 6) is -0.0497. The van der Waals surface area contributed by atoms with Crippen molar-refractivity contribution in [1.29, 1.82) is 0 Å². The molecule has 0 aliphatic carbocycles. The number of rotatable bonds is 4.